The number of hydrogen-bond acceptors (Lipinski definition) is 7. The predicted molar refractivity (Wildman–Crippen MR) is 96.7 cm³/mol. The minimum absolute atomic E-state index is 0.0617. The number of H-pyrrole nitrogens is 1. The van der Waals surface area contributed by atoms with Crippen molar-refractivity contribution in [2.75, 3.05) is 11.6 Å². The normalized spacial score (nSPS) is 11.9. The van der Waals surface area contributed by atoms with E-state index < -0.39 is 11.9 Å². The zero-order chi connectivity index (χ0) is 20.6. The first-order valence-electron chi connectivity index (χ1n) is 8.13. The van der Waals surface area contributed by atoms with Gasteiger partial charge in [0, 0.05) is 5.56 Å². The summed E-state index contributed by atoms with van der Waals surface area (Å²) < 4.78 is 53.2. The molecule has 0 saturated carbocycles. The molecule has 8 nitrogen and oxygen atoms in total. The molecule has 0 fully saturated rings. The summed E-state index contributed by atoms with van der Waals surface area (Å²) in [7, 11) is 0. The van der Waals surface area contributed by atoms with Gasteiger partial charge in [-0.3, -0.25) is 5.10 Å². The van der Waals surface area contributed by atoms with Crippen LogP contribution in [0.5, 0.6) is 0 Å². The van der Waals surface area contributed by atoms with Crippen molar-refractivity contribution >= 4 is 23.2 Å². The first-order valence-corrected chi connectivity index (χ1v) is 9.35. The van der Waals surface area contributed by atoms with Gasteiger partial charge in [-0.15, -0.1) is 5.10 Å². The third-order valence-corrected chi connectivity index (χ3v) is 4.41. The number of alkyl halides is 3. The van der Waals surface area contributed by atoms with Gasteiger partial charge in [0.1, 0.15) is 11.6 Å². The van der Waals surface area contributed by atoms with Crippen molar-refractivity contribution in [3.63, 3.8) is 0 Å². The number of imidazole rings is 1. The van der Waals surface area contributed by atoms with E-state index in [4.69, 9.17) is 0 Å². The molecule has 0 radical (unpaired) electrons. The Balaban J connectivity index is 1.60. The molecule has 29 heavy (non-hydrogen) atoms. The number of thioether (sulfide) groups is 1. The fourth-order valence-electron chi connectivity index (χ4n) is 2.53. The van der Waals surface area contributed by atoms with Crippen LogP contribution in [0, 0.1) is 5.82 Å². The molecular formula is C16H12F4N8S. The van der Waals surface area contributed by atoms with Crippen LogP contribution in [0.3, 0.4) is 0 Å². The lowest BCUT2D eigenvalue weighted by Gasteiger charge is -2.09. The molecule has 4 rings (SSSR count). The summed E-state index contributed by atoms with van der Waals surface area (Å²) in [6.45, 7) is 0.100. The highest BCUT2D eigenvalue weighted by Gasteiger charge is 2.36. The number of halogens is 4. The number of hydrogen-bond donors (Lipinski definition) is 2. The Bertz CT molecular complexity index is 1150. The molecule has 0 amide bonds. The van der Waals surface area contributed by atoms with Crippen molar-refractivity contribution in [2.45, 2.75) is 17.9 Å². The second-order valence-corrected chi connectivity index (χ2v) is 6.56. The lowest BCUT2D eigenvalue weighted by atomic mass is 10.2. The van der Waals surface area contributed by atoms with E-state index in [9.17, 15) is 17.6 Å². The quantitative estimate of drug-likeness (QED) is 0.374. The summed E-state index contributed by atoms with van der Waals surface area (Å²) in [4.78, 5) is 12.3. The Morgan fingerprint density at radius 1 is 1.17 bits per heavy atom. The smallest absolute Gasteiger partial charge is 0.360 e. The molecule has 0 unspecified atom stereocenters. The van der Waals surface area contributed by atoms with E-state index in [0.29, 0.717) is 27.9 Å². The summed E-state index contributed by atoms with van der Waals surface area (Å²) in [6.07, 6.45) is -2.24. The monoisotopic (exact) mass is 424 g/mol. The van der Waals surface area contributed by atoms with Crippen molar-refractivity contribution in [3.05, 3.63) is 47.8 Å². The van der Waals surface area contributed by atoms with E-state index >= 15 is 0 Å². The molecule has 0 aliphatic rings. The Morgan fingerprint density at radius 2 is 1.93 bits per heavy atom. The molecule has 3 aromatic heterocycles. The topological polar surface area (TPSA) is 96.7 Å². The maximum Gasteiger partial charge on any atom is 0.435 e. The molecule has 0 aliphatic heterocycles. The molecular weight excluding hydrogens is 412 g/mol. The highest BCUT2D eigenvalue weighted by Crippen LogP contribution is 2.31. The van der Waals surface area contributed by atoms with Crippen LogP contribution in [0.2, 0.25) is 0 Å². The molecule has 3 heterocycles. The van der Waals surface area contributed by atoms with Gasteiger partial charge in [0.2, 0.25) is 5.16 Å². The fourth-order valence-corrected chi connectivity index (χ4v) is 2.88. The number of benzene rings is 1. The largest absolute Gasteiger partial charge is 0.435 e. The Morgan fingerprint density at radius 3 is 2.62 bits per heavy atom. The van der Waals surface area contributed by atoms with Gasteiger partial charge >= 0.3 is 6.18 Å². The molecule has 0 saturated heterocycles. The summed E-state index contributed by atoms with van der Waals surface area (Å²) >= 11 is 1.10. The van der Waals surface area contributed by atoms with E-state index in [-0.39, 0.29) is 29.0 Å². The van der Waals surface area contributed by atoms with E-state index in [1.54, 1.807) is 6.26 Å². The lowest BCUT2D eigenvalue weighted by molar-refractivity contribution is -0.142. The number of rotatable bonds is 5. The molecule has 0 atom stereocenters. The zero-order valence-electron chi connectivity index (χ0n) is 14.7. The standard InChI is InChI=1S/C16H12F4N8S/c1-29-15-24-13(14-22-6-10(16(18,19)20)28(14)27-15)21-7-11-23-12(26-25-11)8-2-4-9(17)5-3-8/h2-6H,7H2,1H3,(H,21,24,27)(H,23,25,26). The van der Waals surface area contributed by atoms with Crippen molar-refractivity contribution in [2.24, 2.45) is 0 Å². The number of anilines is 1. The fraction of sp³-hybridized carbons (Fsp3) is 0.188. The second-order valence-electron chi connectivity index (χ2n) is 5.79. The van der Waals surface area contributed by atoms with Crippen molar-refractivity contribution < 1.29 is 17.6 Å². The number of aromatic amines is 1. The second kappa shape index (κ2) is 7.31. The van der Waals surface area contributed by atoms with Gasteiger partial charge < -0.3 is 5.32 Å². The molecule has 4 aromatic rings. The van der Waals surface area contributed by atoms with Crippen molar-refractivity contribution in [3.8, 4) is 11.4 Å². The molecule has 0 spiro atoms. The minimum atomic E-state index is -4.60. The number of fused-ring (bicyclic) bond motifs is 1. The van der Waals surface area contributed by atoms with Crippen LogP contribution in [0.25, 0.3) is 17.0 Å². The van der Waals surface area contributed by atoms with Crippen LogP contribution in [0.1, 0.15) is 11.5 Å². The number of aromatic nitrogens is 7. The van der Waals surface area contributed by atoms with Crippen LogP contribution in [-0.4, -0.2) is 41.0 Å². The molecule has 13 heteroatoms. The van der Waals surface area contributed by atoms with E-state index in [0.717, 1.165) is 11.8 Å². The van der Waals surface area contributed by atoms with Crippen LogP contribution in [-0.2, 0) is 12.7 Å². The zero-order valence-corrected chi connectivity index (χ0v) is 15.5. The highest BCUT2D eigenvalue weighted by molar-refractivity contribution is 7.98. The molecule has 150 valence electrons. The average Bonchev–Trinajstić information content (AvgIpc) is 3.33. The maximum atomic E-state index is 13.2. The average molecular weight is 424 g/mol. The summed E-state index contributed by atoms with van der Waals surface area (Å²) in [5, 5.41) is 13.7. The Labute approximate surface area is 164 Å². The highest BCUT2D eigenvalue weighted by atomic mass is 32.2. The molecule has 0 bridgehead atoms. The SMILES string of the molecule is CSc1nc(NCc2nc(-c3ccc(F)cc3)n[nH]2)c2ncc(C(F)(F)F)n2n1. The summed E-state index contributed by atoms with van der Waals surface area (Å²) in [5.74, 6) is 0.523. The van der Waals surface area contributed by atoms with Gasteiger partial charge in [0.05, 0.1) is 12.7 Å². The van der Waals surface area contributed by atoms with Gasteiger partial charge in [-0.1, -0.05) is 11.8 Å². The lowest BCUT2D eigenvalue weighted by Crippen LogP contribution is -2.13. The summed E-state index contributed by atoms with van der Waals surface area (Å²) in [5.41, 5.74) is -0.439. The van der Waals surface area contributed by atoms with Gasteiger partial charge in [0.15, 0.2) is 23.0 Å². The third-order valence-electron chi connectivity index (χ3n) is 3.87. The summed E-state index contributed by atoms with van der Waals surface area (Å²) in [6, 6.07) is 5.67. The van der Waals surface area contributed by atoms with Crippen LogP contribution in [0.15, 0.2) is 35.6 Å². The van der Waals surface area contributed by atoms with Gasteiger partial charge in [-0.2, -0.15) is 23.3 Å². The minimum Gasteiger partial charge on any atom is -0.360 e. The van der Waals surface area contributed by atoms with Crippen molar-refractivity contribution in [1.82, 2.24) is 34.8 Å². The Kier molecular flexibility index (Phi) is 4.82. The van der Waals surface area contributed by atoms with E-state index in [1.807, 2.05) is 0 Å². The third kappa shape index (κ3) is 3.85. The first kappa shape index (κ1) is 19.1. The number of nitrogens with one attached hydrogen (secondary N) is 2. The first-order chi connectivity index (χ1) is 13.8. The van der Waals surface area contributed by atoms with Crippen LogP contribution < -0.4 is 5.32 Å². The van der Waals surface area contributed by atoms with Gasteiger partial charge in [-0.25, -0.2) is 18.9 Å². The molecule has 0 aliphatic carbocycles. The van der Waals surface area contributed by atoms with Crippen LogP contribution in [0.4, 0.5) is 23.4 Å². The maximum absolute atomic E-state index is 13.2. The van der Waals surface area contributed by atoms with E-state index in [2.05, 4.69) is 35.6 Å². The van der Waals surface area contributed by atoms with Crippen LogP contribution >= 0.6 is 11.8 Å². The molecule has 1 aromatic carbocycles. The Hall–Kier alpha value is -3.22. The van der Waals surface area contributed by atoms with Gasteiger partial charge in [0.25, 0.3) is 0 Å². The van der Waals surface area contributed by atoms with E-state index in [1.165, 1.54) is 24.3 Å². The van der Waals surface area contributed by atoms with Crippen molar-refractivity contribution in [1.29, 1.82) is 0 Å². The molecule has 2 N–H and O–H groups in total. The predicted octanol–water partition coefficient (Wildman–Crippen LogP) is 3.40. The number of nitrogens with zero attached hydrogens (tertiary/aromatic N) is 6. The van der Waals surface area contributed by atoms with Gasteiger partial charge in [-0.05, 0) is 30.5 Å².